The van der Waals surface area contributed by atoms with Crippen LogP contribution < -0.4 is 48.0 Å². The van der Waals surface area contributed by atoms with Gasteiger partial charge in [0.25, 0.3) is 0 Å². The van der Waals surface area contributed by atoms with Gasteiger partial charge in [-0.3, -0.25) is 0 Å². The zero-order chi connectivity index (χ0) is 21.9. The molecule has 186 valence electrons. The van der Waals surface area contributed by atoms with Crippen LogP contribution in [0.4, 0.5) is 0 Å². The zero-order valence-corrected chi connectivity index (χ0v) is 25.7. The van der Waals surface area contributed by atoms with E-state index in [9.17, 15) is 0 Å². The van der Waals surface area contributed by atoms with Gasteiger partial charge in [-0.05, 0) is 65.5 Å². The molecule has 32 heavy (non-hydrogen) atoms. The predicted molar refractivity (Wildman–Crippen MR) is 131 cm³/mol. The maximum atomic E-state index is 6.08. The number of halogens is 2. The molecule has 2 rings (SSSR count). The quantitative estimate of drug-likeness (QED) is 0.148. The average molecular weight is 671 g/mol. The predicted octanol–water partition coefficient (Wildman–Crippen LogP) is 1.01. The second-order valence-corrected chi connectivity index (χ2v) is 9.56. The molecule has 2 aromatic rings. The first-order chi connectivity index (χ1) is 14.5. The Morgan fingerprint density at radius 1 is 0.688 bits per heavy atom. The lowest BCUT2D eigenvalue weighted by Gasteiger charge is -2.35. The highest BCUT2D eigenvalue weighted by Crippen LogP contribution is 2.22. The normalized spacial score (nSPS) is 13.4. The maximum absolute atomic E-state index is 6.08. The summed E-state index contributed by atoms with van der Waals surface area (Å²) in [5.41, 5.74) is 1.02. The molecule has 0 fully saturated rings. The Labute approximate surface area is 232 Å². The van der Waals surface area contributed by atoms with E-state index in [-0.39, 0.29) is 48.0 Å². The lowest BCUT2D eigenvalue weighted by Crippen LogP contribution is -3.00. The summed E-state index contributed by atoms with van der Waals surface area (Å²) in [6, 6.07) is 10.6. The van der Waals surface area contributed by atoms with E-state index in [0.29, 0.717) is 0 Å². The molecule has 0 amide bonds. The number of hydrogen-bond acceptors (Lipinski definition) is 1. The first-order valence-electron chi connectivity index (χ1n) is 12.7. The van der Waals surface area contributed by atoms with E-state index in [2.05, 4.69) is 65.1 Å². The van der Waals surface area contributed by atoms with E-state index in [4.69, 9.17) is 4.42 Å². The van der Waals surface area contributed by atoms with Gasteiger partial charge in [0.1, 0.15) is 12.1 Å². The Hall–Kier alpha value is 0.140. The summed E-state index contributed by atoms with van der Waals surface area (Å²) < 4.78 is 8.46. The van der Waals surface area contributed by atoms with Crippen molar-refractivity contribution in [3.63, 3.8) is 0 Å². The molecule has 1 aromatic heterocycles. The molecular formula is C27H48I2N2O. The van der Waals surface area contributed by atoms with Gasteiger partial charge in [0.15, 0.2) is 5.76 Å². The van der Waals surface area contributed by atoms with Gasteiger partial charge in [0.2, 0.25) is 0 Å². The van der Waals surface area contributed by atoms with Crippen LogP contribution in [0.5, 0.6) is 0 Å². The first-order valence-corrected chi connectivity index (χ1v) is 12.7. The van der Waals surface area contributed by atoms with E-state index in [1.54, 1.807) is 0 Å². The van der Waals surface area contributed by atoms with E-state index < -0.39 is 0 Å². The monoisotopic (exact) mass is 670 g/mol. The number of fused-ring (bicyclic) bond motifs is 1. The van der Waals surface area contributed by atoms with E-state index in [1.807, 2.05) is 0 Å². The molecule has 0 radical (unpaired) electrons. The SMILES string of the molecule is CC[N+](C)(CCCCCCCCC[N+](CC)(CC)CC)Cc1cc2ccccc2o1.[I-].[I-]. The summed E-state index contributed by atoms with van der Waals surface area (Å²) in [7, 11) is 2.38. The molecule has 0 bridgehead atoms. The van der Waals surface area contributed by atoms with Gasteiger partial charge in [-0.15, -0.1) is 0 Å². The van der Waals surface area contributed by atoms with Crippen LogP contribution in [0.1, 0.15) is 78.4 Å². The van der Waals surface area contributed by atoms with E-state index >= 15 is 0 Å². The van der Waals surface area contributed by atoms with Crippen LogP contribution in [-0.4, -0.2) is 55.3 Å². The third-order valence-corrected chi connectivity index (χ3v) is 7.62. The first kappa shape index (κ1) is 32.1. The summed E-state index contributed by atoms with van der Waals surface area (Å²) in [5.74, 6) is 1.13. The number of benzene rings is 1. The Morgan fingerprint density at radius 3 is 1.75 bits per heavy atom. The minimum absolute atomic E-state index is 0. The van der Waals surface area contributed by atoms with Crippen LogP contribution in [0.2, 0.25) is 0 Å². The third-order valence-electron chi connectivity index (χ3n) is 7.62. The standard InChI is InChI=1S/C27H48N2O.2HI/c1-6-28(5,24-26-23-25-19-15-16-20-27(25)30-26)21-17-13-11-10-12-14-18-22-29(7-2,8-3)9-4;;/h15-16,19-20,23H,6-14,17-18,21-22,24H2,1-5H3;2*1H/q+2;;/p-2. The fourth-order valence-corrected chi connectivity index (χ4v) is 4.81. The highest BCUT2D eigenvalue weighted by atomic mass is 127. The largest absolute Gasteiger partial charge is 1.00 e. The molecule has 0 spiro atoms. The number of furan rings is 1. The molecule has 0 saturated carbocycles. The topological polar surface area (TPSA) is 13.1 Å². The van der Waals surface area contributed by atoms with Crippen LogP contribution in [0.15, 0.2) is 34.7 Å². The summed E-state index contributed by atoms with van der Waals surface area (Å²) in [6.07, 6.45) is 9.72. The molecule has 0 aliphatic rings. The van der Waals surface area contributed by atoms with E-state index in [0.717, 1.165) is 28.9 Å². The maximum Gasteiger partial charge on any atom is 0.159 e. The molecule has 1 unspecified atom stereocenters. The average Bonchev–Trinajstić information content (AvgIpc) is 3.17. The molecule has 1 aromatic carbocycles. The van der Waals surface area contributed by atoms with Gasteiger partial charge in [-0.2, -0.15) is 0 Å². The van der Waals surface area contributed by atoms with Crippen LogP contribution in [0.3, 0.4) is 0 Å². The molecule has 1 heterocycles. The van der Waals surface area contributed by atoms with Gasteiger partial charge >= 0.3 is 0 Å². The van der Waals surface area contributed by atoms with Crippen molar-refractivity contribution in [3.8, 4) is 0 Å². The second kappa shape index (κ2) is 16.7. The minimum Gasteiger partial charge on any atom is -1.00 e. The molecule has 0 N–H and O–H groups in total. The molecule has 0 aliphatic carbocycles. The van der Waals surface area contributed by atoms with Crippen molar-refractivity contribution in [1.29, 1.82) is 0 Å². The van der Waals surface area contributed by atoms with Crippen molar-refractivity contribution in [3.05, 3.63) is 36.1 Å². The summed E-state index contributed by atoms with van der Waals surface area (Å²) >= 11 is 0. The van der Waals surface area contributed by atoms with Gasteiger partial charge in [0.05, 0.1) is 46.3 Å². The smallest absolute Gasteiger partial charge is 0.159 e. The zero-order valence-electron chi connectivity index (χ0n) is 21.3. The number of rotatable bonds is 16. The molecular weight excluding hydrogens is 622 g/mol. The van der Waals surface area contributed by atoms with Crippen molar-refractivity contribution in [1.82, 2.24) is 0 Å². The second-order valence-electron chi connectivity index (χ2n) is 9.56. The molecule has 5 heteroatoms. The Kier molecular flexibility index (Phi) is 16.8. The summed E-state index contributed by atoms with van der Waals surface area (Å²) in [4.78, 5) is 0. The van der Waals surface area contributed by atoms with Crippen molar-refractivity contribution in [2.75, 3.05) is 46.3 Å². The molecule has 0 saturated heterocycles. The lowest BCUT2D eigenvalue weighted by atomic mass is 10.1. The highest BCUT2D eigenvalue weighted by Gasteiger charge is 2.22. The fraction of sp³-hybridized carbons (Fsp3) is 0.704. The van der Waals surface area contributed by atoms with Crippen LogP contribution >= 0.6 is 0 Å². The van der Waals surface area contributed by atoms with Crippen LogP contribution in [0, 0.1) is 0 Å². The lowest BCUT2D eigenvalue weighted by molar-refractivity contribution is -0.923. The van der Waals surface area contributed by atoms with Crippen molar-refractivity contribution in [2.45, 2.75) is 79.2 Å². The van der Waals surface area contributed by atoms with Crippen molar-refractivity contribution >= 4 is 11.0 Å². The van der Waals surface area contributed by atoms with Gasteiger partial charge in [-0.25, -0.2) is 0 Å². The van der Waals surface area contributed by atoms with Crippen molar-refractivity contribution in [2.24, 2.45) is 0 Å². The van der Waals surface area contributed by atoms with Crippen molar-refractivity contribution < 1.29 is 61.3 Å². The van der Waals surface area contributed by atoms with Crippen LogP contribution in [-0.2, 0) is 6.54 Å². The third kappa shape index (κ3) is 10.2. The number of hydrogen-bond donors (Lipinski definition) is 0. The van der Waals surface area contributed by atoms with Crippen LogP contribution in [0.25, 0.3) is 11.0 Å². The Balaban J connectivity index is 0.00000480. The molecule has 0 aliphatic heterocycles. The van der Waals surface area contributed by atoms with Gasteiger partial charge in [-0.1, -0.05) is 37.5 Å². The Bertz CT molecular complexity index is 688. The molecule has 3 nitrogen and oxygen atoms in total. The fourth-order valence-electron chi connectivity index (χ4n) is 4.81. The minimum atomic E-state index is 0. The molecule has 1 atom stereocenters. The number of para-hydroxylation sites is 1. The summed E-state index contributed by atoms with van der Waals surface area (Å²) in [6.45, 7) is 18.0. The van der Waals surface area contributed by atoms with Gasteiger partial charge < -0.3 is 61.3 Å². The number of nitrogens with zero attached hydrogens (tertiary/aromatic N) is 2. The van der Waals surface area contributed by atoms with E-state index in [1.165, 1.54) is 87.5 Å². The van der Waals surface area contributed by atoms with Gasteiger partial charge in [0, 0.05) is 5.39 Å². The highest BCUT2D eigenvalue weighted by molar-refractivity contribution is 5.77. The Morgan fingerprint density at radius 2 is 1.22 bits per heavy atom. The number of quaternary nitrogens is 2. The summed E-state index contributed by atoms with van der Waals surface area (Å²) in [5, 5.41) is 1.23. The number of unbranched alkanes of at least 4 members (excludes halogenated alkanes) is 6.